The molecule has 0 radical (unpaired) electrons. The summed E-state index contributed by atoms with van der Waals surface area (Å²) in [5.74, 6) is -3.32. The molecule has 4 atom stereocenters. The van der Waals surface area contributed by atoms with Gasteiger partial charge in [-0.05, 0) is 115 Å². The largest absolute Gasteiger partial charge is 0.503 e. The maximum Gasteiger partial charge on any atom is 0.238 e. The zero-order chi connectivity index (χ0) is 27.7. The summed E-state index contributed by atoms with van der Waals surface area (Å²) in [6, 6.07) is 10.6. The fourth-order valence-electron chi connectivity index (χ4n) is 6.35. The summed E-state index contributed by atoms with van der Waals surface area (Å²) in [7, 11) is 1.43. The molecule has 198 valence electrons. The zero-order valence-electron chi connectivity index (χ0n) is 20.4. The minimum Gasteiger partial charge on any atom is -0.503 e. The van der Waals surface area contributed by atoms with Gasteiger partial charge in [0.2, 0.25) is 11.8 Å². The number of imide groups is 1. The Hall–Kier alpha value is -2.57. The van der Waals surface area contributed by atoms with Crippen LogP contribution in [0.4, 0.5) is 5.69 Å². The quantitative estimate of drug-likeness (QED) is 0.186. The maximum absolute atomic E-state index is 13.9. The first-order valence-corrected chi connectivity index (χ1v) is 14.9. The Balaban J connectivity index is 1.51. The van der Waals surface area contributed by atoms with E-state index in [-0.39, 0.29) is 45.8 Å². The van der Waals surface area contributed by atoms with E-state index in [4.69, 9.17) is 4.74 Å². The molecule has 4 unspecified atom stereocenters. The van der Waals surface area contributed by atoms with Crippen molar-refractivity contribution in [1.29, 1.82) is 0 Å². The second-order valence-corrected chi connectivity index (χ2v) is 12.9. The highest BCUT2D eigenvalue weighted by Gasteiger charge is 2.56. The number of rotatable bonds is 3. The van der Waals surface area contributed by atoms with Gasteiger partial charge in [-0.1, -0.05) is 11.6 Å². The standard InChI is InChI=1S/C29H20Br2INO6/c1-39-22-9-12(8-19(30)27(22)36)23-15-6-7-16-24(17(15)10-18-25(23)21(34)11-20(31)26(18)35)29(38)33(28(16)37)14-4-2-13(32)3-5-14/h2-6,8-9,11,16-17,23-24,36H,7,10H2,1H3. The van der Waals surface area contributed by atoms with Crippen molar-refractivity contribution in [3.8, 4) is 11.5 Å². The molecule has 6 rings (SSSR count). The van der Waals surface area contributed by atoms with Gasteiger partial charge >= 0.3 is 0 Å². The van der Waals surface area contributed by atoms with Gasteiger partial charge in [-0.2, -0.15) is 0 Å². The van der Waals surface area contributed by atoms with Gasteiger partial charge in [0.25, 0.3) is 0 Å². The summed E-state index contributed by atoms with van der Waals surface area (Å²) >= 11 is 8.78. The van der Waals surface area contributed by atoms with E-state index in [0.717, 1.165) is 9.14 Å². The predicted molar refractivity (Wildman–Crippen MR) is 159 cm³/mol. The lowest BCUT2D eigenvalue weighted by Gasteiger charge is -2.42. The average molecular weight is 765 g/mol. The number of amides is 2. The van der Waals surface area contributed by atoms with Crippen LogP contribution < -0.4 is 9.64 Å². The van der Waals surface area contributed by atoms with Crippen molar-refractivity contribution < 1.29 is 29.0 Å². The first kappa shape index (κ1) is 26.6. The molecule has 1 fully saturated rings. The van der Waals surface area contributed by atoms with Crippen LogP contribution in [-0.4, -0.2) is 35.6 Å². The lowest BCUT2D eigenvalue weighted by molar-refractivity contribution is -0.123. The van der Waals surface area contributed by atoms with Crippen LogP contribution >= 0.6 is 54.5 Å². The molecule has 0 aromatic heterocycles. The number of aromatic hydroxyl groups is 1. The number of fused-ring (bicyclic) bond motifs is 3. The molecule has 1 N–H and O–H groups in total. The average Bonchev–Trinajstić information content (AvgIpc) is 3.18. The van der Waals surface area contributed by atoms with Crippen LogP contribution in [0.5, 0.6) is 11.5 Å². The highest BCUT2D eigenvalue weighted by Crippen LogP contribution is 2.56. The van der Waals surface area contributed by atoms with E-state index in [2.05, 4.69) is 54.5 Å². The van der Waals surface area contributed by atoms with Gasteiger partial charge in [-0.15, -0.1) is 0 Å². The minimum absolute atomic E-state index is 0.0843. The summed E-state index contributed by atoms with van der Waals surface area (Å²) in [6.45, 7) is 0. The number of nitrogens with zero attached hydrogens (tertiary/aromatic N) is 1. The van der Waals surface area contributed by atoms with E-state index >= 15 is 0 Å². The van der Waals surface area contributed by atoms with Gasteiger partial charge < -0.3 is 9.84 Å². The number of allylic oxidation sites excluding steroid dienone is 6. The van der Waals surface area contributed by atoms with E-state index in [1.165, 1.54) is 18.1 Å². The lowest BCUT2D eigenvalue weighted by Crippen LogP contribution is -2.39. The van der Waals surface area contributed by atoms with Crippen LogP contribution in [0.3, 0.4) is 0 Å². The third-order valence-electron chi connectivity index (χ3n) is 8.02. The minimum atomic E-state index is -0.664. The Morgan fingerprint density at radius 3 is 2.44 bits per heavy atom. The van der Waals surface area contributed by atoms with Crippen LogP contribution in [0.2, 0.25) is 0 Å². The van der Waals surface area contributed by atoms with Gasteiger partial charge in [-0.3, -0.25) is 24.1 Å². The Morgan fingerprint density at radius 2 is 1.74 bits per heavy atom. The molecule has 2 aromatic carbocycles. The number of anilines is 1. The summed E-state index contributed by atoms with van der Waals surface area (Å²) in [4.78, 5) is 55.5. The number of ether oxygens (including phenoxy) is 1. The highest BCUT2D eigenvalue weighted by molar-refractivity contribution is 14.1. The van der Waals surface area contributed by atoms with E-state index in [1.807, 2.05) is 18.2 Å². The fraction of sp³-hybridized carbons (Fsp3) is 0.241. The van der Waals surface area contributed by atoms with Crippen LogP contribution in [0.15, 0.2) is 74.2 Å². The molecule has 0 spiro atoms. The second kappa shape index (κ2) is 9.81. The van der Waals surface area contributed by atoms with Crippen molar-refractivity contribution in [2.24, 2.45) is 17.8 Å². The molecule has 2 aromatic rings. The molecule has 0 saturated carbocycles. The molecule has 4 aliphatic rings. The lowest BCUT2D eigenvalue weighted by atomic mass is 9.59. The highest BCUT2D eigenvalue weighted by atomic mass is 127. The number of methoxy groups -OCH3 is 1. The van der Waals surface area contributed by atoms with E-state index in [1.54, 1.807) is 24.3 Å². The Morgan fingerprint density at radius 1 is 1.03 bits per heavy atom. The number of phenolic OH excluding ortho intramolecular Hbond substituents is 1. The summed E-state index contributed by atoms with van der Waals surface area (Å²) in [6.07, 6.45) is 3.78. The number of hydrogen-bond acceptors (Lipinski definition) is 6. The zero-order valence-corrected chi connectivity index (χ0v) is 25.7. The molecular formula is C29H20Br2INO6. The third kappa shape index (κ3) is 4.09. The van der Waals surface area contributed by atoms with Gasteiger partial charge in [-0.25, -0.2) is 0 Å². The molecule has 0 bridgehead atoms. The molecular weight excluding hydrogens is 745 g/mol. The molecule has 3 aliphatic carbocycles. The summed E-state index contributed by atoms with van der Waals surface area (Å²) in [5.41, 5.74) is 2.69. The summed E-state index contributed by atoms with van der Waals surface area (Å²) in [5, 5.41) is 10.4. The number of hydrogen-bond donors (Lipinski definition) is 1. The van der Waals surface area contributed by atoms with Crippen molar-refractivity contribution in [3.63, 3.8) is 0 Å². The van der Waals surface area contributed by atoms with E-state index < -0.39 is 23.7 Å². The summed E-state index contributed by atoms with van der Waals surface area (Å²) < 4.78 is 6.90. The topological polar surface area (TPSA) is 101 Å². The number of carbonyl (C=O) groups excluding carboxylic acids is 4. The molecule has 10 heteroatoms. The monoisotopic (exact) mass is 763 g/mol. The van der Waals surface area contributed by atoms with Crippen molar-refractivity contribution in [1.82, 2.24) is 0 Å². The number of halogens is 3. The van der Waals surface area contributed by atoms with Crippen LogP contribution in [0.1, 0.15) is 24.3 Å². The number of Topliss-reactive ketones (excluding diaryl/α,β-unsaturated/α-hetero) is 1. The van der Waals surface area contributed by atoms with Gasteiger partial charge in [0.1, 0.15) is 0 Å². The molecule has 7 nitrogen and oxygen atoms in total. The number of ketones is 2. The first-order chi connectivity index (χ1) is 18.6. The first-order valence-electron chi connectivity index (χ1n) is 12.2. The number of carbonyl (C=O) groups is 4. The van der Waals surface area contributed by atoms with Crippen LogP contribution in [0, 0.1) is 21.3 Å². The van der Waals surface area contributed by atoms with E-state index in [0.29, 0.717) is 33.3 Å². The number of phenols is 1. The number of benzene rings is 2. The Kier molecular flexibility index (Phi) is 6.70. The smallest absolute Gasteiger partial charge is 0.238 e. The predicted octanol–water partition coefficient (Wildman–Crippen LogP) is 5.73. The van der Waals surface area contributed by atoms with Gasteiger partial charge in [0.05, 0.1) is 33.6 Å². The molecule has 2 amide bonds. The molecule has 1 saturated heterocycles. The third-order valence-corrected chi connectivity index (χ3v) is 9.93. The van der Waals surface area contributed by atoms with Crippen molar-refractivity contribution in [2.75, 3.05) is 12.0 Å². The molecule has 1 aliphatic heterocycles. The van der Waals surface area contributed by atoms with Gasteiger partial charge in [0, 0.05) is 26.7 Å². The van der Waals surface area contributed by atoms with Crippen molar-refractivity contribution >= 4 is 83.5 Å². The SMILES string of the molecule is COc1cc(C2C3=CCC4C(=O)N(c5ccc(I)cc5)C(=O)C4C3CC3=C2C(=O)C=C(Br)C3=O)cc(Br)c1O. The fourth-order valence-corrected chi connectivity index (χ4v) is 7.61. The van der Waals surface area contributed by atoms with Gasteiger partial charge in [0.15, 0.2) is 23.1 Å². The Labute approximate surface area is 254 Å². The van der Waals surface area contributed by atoms with Crippen molar-refractivity contribution in [3.05, 3.63) is 83.4 Å². The van der Waals surface area contributed by atoms with E-state index in [9.17, 15) is 24.3 Å². The molecule has 39 heavy (non-hydrogen) atoms. The Bertz CT molecular complexity index is 1590. The van der Waals surface area contributed by atoms with Crippen LogP contribution in [0.25, 0.3) is 0 Å². The normalized spacial score (nSPS) is 26.2. The maximum atomic E-state index is 13.9. The van der Waals surface area contributed by atoms with Crippen molar-refractivity contribution in [2.45, 2.75) is 18.8 Å². The second-order valence-electron chi connectivity index (χ2n) is 9.94. The van der Waals surface area contributed by atoms with Crippen LogP contribution in [-0.2, 0) is 19.2 Å². The molecule has 1 heterocycles.